The van der Waals surface area contributed by atoms with Crippen LogP contribution >= 0.6 is 0 Å². The molecule has 4 rings (SSSR count). The molecule has 0 aliphatic rings. The van der Waals surface area contributed by atoms with Crippen molar-refractivity contribution < 1.29 is 18.7 Å². The van der Waals surface area contributed by atoms with Gasteiger partial charge in [0.25, 0.3) is 0 Å². The molecule has 4 aromatic rings. The number of ether oxygens (including phenoxy) is 2. The first kappa shape index (κ1) is 23.2. The number of hydrogen-bond acceptors (Lipinski definition) is 4. The second-order valence-electron chi connectivity index (χ2n) is 8.31. The molecule has 1 N–H and O–H groups in total. The lowest BCUT2D eigenvalue weighted by molar-refractivity contribution is -0.111. The number of methoxy groups -OCH3 is 1. The number of hydrogen-bond donors (Lipinski definition) is 1. The maximum atomic E-state index is 12.9. The van der Waals surface area contributed by atoms with Crippen LogP contribution in [0.1, 0.15) is 30.5 Å². The minimum absolute atomic E-state index is 0.241. The minimum atomic E-state index is -0.241. The first-order valence-electron chi connectivity index (χ1n) is 11.3. The number of amides is 1. The van der Waals surface area contributed by atoms with E-state index in [4.69, 9.17) is 13.9 Å². The van der Waals surface area contributed by atoms with Gasteiger partial charge in [-0.3, -0.25) is 4.79 Å². The summed E-state index contributed by atoms with van der Waals surface area (Å²) in [6, 6.07) is 17.9. The summed E-state index contributed by atoms with van der Waals surface area (Å²) in [6.07, 6.45) is 3.35. The summed E-state index contributed by atoms with van der Waals surface area (Å²) in [5.74, 6) is 1.05. The predicted octanol–water partition coefficient (Wildman–Crippen LogP) is 7.17. The number of benzene rings is 3. The smallest absolute Gasteiger partial charge is 0.248 e. The van der Waals surface area contributed by atoms with Crippen LogP contribution in [0.3, 0.4) is 0 Å². The Labute approximate surface area is 200 Å². The van der Waals surface area contributed by atoms with Crippen LogP contribution in [0, 0.1) is 13.8 Å². The van der Waals surface area contributed by atoms with Crippen LogP contribution in [0.2, 0.25) is 0 Å². The molecule has 1 amide bonds. The van der Waals surface area contributed by atoms with E-state index in [9.17, 15) is 4.79 Å². The molecule has 174 valence electrons. The molecule has 0 saturated heterocycles. The lowest BCUT2D eigenvalue weighted by Gasteiger charge is -2.13. The van der Waals surface area contributed by atoms with Crippen molar-refractivity contribution >= 4 is 28.1 Å². The van der Waals surface area contributed by atoms with E-state index in [2.05, 4.69) is 36.5 Å². The van der Waals surface area contributed by atoms with Gasteiger partial charge in [0.05, 0.1) is 25.7 Å². The zero-order valence-corrected chi connectivity index (χ0v) is 20.2. The number of nitrogens with one attached hydrogen (secondary N) is 1. The van der Waals surface area contributed by atoms with Gasteiger partial charge in [0.1, 0.15) is 17.1 Å². The molecule has 0 spiro atoms. The maximum Gasteiger partial charge on any atom is 0.248 e. The van der Waals surface area contributed by atoms with Gasteiger partial charge in [-0.25, -0.2) is 0 Å². The Bertz CT molecular complexity index is 1360. The lowest BCUT2D eigenvalue weighted by Crippen LogP contribution is -2.10. The molecule has 5 heteroatoms. The third-order valence-electron chi connectivity index (χ3n) is 5.72. The fraction of sp³-hybridized carbons (Fsp3) is 0.207. The molecular formula is C29H29NO4. The number of allylic oxidation sites excluding steroid dienone is 1. The highest BCUT2D eigenvalue weighted by Gasteiger charge is 2.16. The predicted molar refractivity (Wildman–Crippen MR) is 138 cm³/mol. The van der Waals surface area contributed by atoms with Crippen LogP contribution in [0.4, 0.5) is 5.69 Å². The lowest BCUT2D eigenvalue weighted by atomic mass is 9.98. The Balaban J connectivity index is 1.72. The zero-order valence-electron chi connectivity index (χ0n) is 20.2. The van der Waals surface area contributed by atoms with E-state index in [-0.39, 0.29) is 5.91 Å². The van der Waals surface area contributed by atoms with Gasteiger partial charge in [0, 0.05) is 28.7 Å². The summed E-state index contributed by atoms with van der Waals surface area (Å²) in [5.41, 5.74) is 7.31. The minimum Gasteiger partial charge on any atom is -0.495 e. The monoisotopic (exact) mass is 455 g/mol. The fourth-order valence-corrected chi connectivity index (χ4v) is 3.96. The van der Waals surface area contributed by atoms with E-state index in [1.807, 2.05) is 51.1 Å². The van der Waals surface area contributed by atoms with Crippen LogP contribution in [0.5, 0.6) is 11.5 Å². The molecule has 0 fully saturated rings. The molecule has 1 heterocycles. The number of anilines is 1. The Kier molecular flexibility index (Phi) is 6.73. The van der Waals surface area contributed by atoms with Gasteiger partial charge >= 0.3 is 0 Å². The number of aryl methyl sites for hydroxylation is 2. The first-order chi connectivity index (χ1) is 16.4. The zero-order chi connectivity index (χ0) is 24.2. The summed E-state index contributed by atoms with van der Waals surface area (Å²) in [7, 11) is 1.58. The topological polar surface area (TPSA) is 60.7 Å². The van der Waals surface area contributed by atoms with Crippen LogP contribution in [-0.2, 0) is 4.79 Å². The Morgan fingerprint density at radius 1 is 1.00 bits per heavy atom. The number of carbonyl (C=O) groups excluding carboxylic acids is 1. The number of carbonyl (C=O) groups is 1. The molecule has 0 aliphatic carbocycles. The van der Waals surface area contributed by atoms with Gasteiger partial charge in [-0.1, -0.05) is 35.9 Å². The van der Waals surface area contributed by atoms with E-state index in [1.165, 1.54) is 5.56 Å². The highest BCUT2D eigenvalue weighted by Crippen LogP contribution is 2.37. The van der Waals surface area contributed by atoms with E-state index < -0.39 is 0 Å². The molecule has 5 nitrogen and oxygen atoms in total. The number of furan rings is 1. The van der Waals surface area contributed by atoms with Crippen molar-refractivity contribution in [1.29, 1.82) is 0 Å². The standard InChI is InChI=1S/C29H29NO4/c1-6-33-27-16-28-23(24(17-34-28)21-10-7-18(2)8-11-21)15-22(27)20(4)14-29(31)30-25-13-19(3)9-12-26(25)32-5/h7-17H,6H2,1-5H3,(H,30,31)/b20-14+. The van der Waals surface area contributed by atoms with E-state index >= 15 is 0 Å². The van der Waals surface area contributed by atoms with Gasteiger partial charge < -0.3 is 19.2 Å². The summed E-state index contributed by atoms with van der Waals surface area (Å²) < 4.78 is 17.1. The highest BCUT2D eigenvalue weighted by atomic mass is 16.5. The highest BCUT2D eigenvalue weighted by molar-refractivity contribution is 6.06. The average molecular weight is 456 g/mol. The second-order valence-corrected chi connectivity index (χ2v) is 8.31. The van der Waals surface area contributed by atoms with Crippen molar-refractivity contribution in [2.45, 2.75) is 27.7 Å². The van der Waals surface area contributed by atoms with Gasteiger partial charge in [-0.05, 0) is 62.6 Å². The van der Waals surface area contributed by atoms with Crippen molar-refractivity contribution in [3.05, 3.63) is 83.6 Å². The third kappa shape index (κ3) is 4.84. The molecule has 34 heavy (non-hydrogen) atoms. The van der Waals surface area contributed by atoms with E-state index in [0.29, 0.717) is 23.8 Å². The molecule has 3 aromatic carbocycles. The van der Waals surface area contributed by atoms with Crippen molar-refractivity contribution in [3.8, 4) is 22.6 Å². The van der Waals surface area contributed by atoms with Gasteiger partial charge in [0.15, 0.2) is 0 Å². The molecule has 1 aromatic heterocycles. The van der Waals surface area contributed by atoms with Crippen LogP contribution in [-0.4, -0.2) is 19.6 Å². The molecule has 0 atom stereocenters. The molecular weight excluding hydrogens is 426 g/mol. The Hall–Kier alpha value is -3.99. The van der Waals surface area contributed by atoms with E-state index in [0.717, 1.165) is 38.8 Å². The third-order valence-corrected chi connectivity index (χ3v) is 5.72. The van der Waals surface area contributed by atoms with Gasteiger partial charge in [0.2, 0.25) is 5.91 Å². The summed E-state index contributed by atoms with van der Waals surface area (Å²) in [4.78, 5) is 12.9. The average Bonchev–Trinajstić information content (AvgIpc) is 3.22. The van der Waals surface area contributed by atoms with Gasteiger partial charge in [-0.2, -0.15) is 0 Å². The Morgan fingerprint density at radius 2 is 1.74 bits per heavy atom. The summed E-state index contributed by atoms with van der Waals surface area (Å²) >= 11 is 0. The second kappa shape index (κ2) is 9.87. The van der Waals surface area contributed by atoms with Crippen molar-refractivity contribution in [3.63, 3.8) is 0 Å². The quantitative estimate of drug-likeness (QED) is 0.300. The summed E-state index contributed by atoms with van der Waals surface area (Å²) in [6.45, 7) is 8.38. The molecule has 0 radical (unpaired) electrons. The molecule has 0 saturated carbocycles. The molecule has 0 aliphatic heterocycles. The fourth-order valence-electron chi connectivity index (χ4n) is 3.96. The number of rotatable bonds is 7. The van der Waals surface area contributed by atoms with Crippen LogP contribution in [0.25, 0.3) is 27.7 Å². The van der Waals surface area contributed by atoms with Crippen molar-refractivity contribution in [2.24, 2.45) is 0 Å². The van der Waals surface area contributed by atoms with Crippen LogP contribution < -0.4 is 14.8 Å². The van der Waals surface area contributed by atoms with Crippen molar-refractivity contribution in [1.82, 2.24) is 0 Å². The van der Waals surface area contributed by atoms with Gasteiger partial charge in [-0.15, -0.1) is 0 Å². The molecule has 0 bridgehead atoms. The van der Waals surface area contributed by atoms with E-state index in [1.54, 1.807) is 19.4 Å². The first-order valence-corrected chi connectivity index (χ1v) is 11.3. The normalized spacial score (nSPS) is 11.5. The largest absolute Gasteiger partial charge is 0.495 e. The SMILES string of the molecule is CCOc1cc2occ(-c3ccc(C)cc3)c2cc1/C(C)=C/C(=O)Nc1cc(C)ccc1OC. The Morgan fingerprint density at radius 3 is 2.44 bits per heavy atom. The number of fused-ring (bicyclic) bond motifs is 1. The maximum absolute atomic E-state index is 12.9. The molecule has 0 unspecified atom stereocenters. The van der Waals surface area contributed by atoms with Crippen LogP contribution in [0.15, 0.2) is 71.4 Å². The van der Waals surface area contributed by atoms with Crippen molar-refractivity contribution in [2.75, 3.05) is 19.0 Å². The summed E-state index contributed by atoms with van der Waals surface area (Å²) in [5, 5.41) is 3.90.